The molecule has 9 nitrogen and oxygen atoms in total. The summed E-state index contributed by atoms with van der Waals surface area (Å²) >= 11 is 0. The molecule has 190 valence electrons. The van der Waals surface area contributed by atoms with Crippen LogP contribution in [-0.2, 0) is 11.3 Å². The third kappa shape index (κ3) is 5.57. The van der Waals surface area contributed by atoms with Gasteiger partial charge in [-0.05, 0) is 37.6 Å². The number of benzene rings is 1. The van der Waals surface area contributed by atoms with Gasteiger partial charge >= 0.3 is 0 Å². The number of hydrogen-bond donors (Lipinski definition) is 1. The van der Waals surface area contributed by atoms with Gasteiger partial charge in [0.1, 0.15) is 5.52 Å². The van der Waals surface area contributed by atoms with Crippen LogP contribution in [0.25, 0.3) is 11.2 Å². The van der Waals surface area contributed by atoms with E-state index in [4.69, 9.17) is 4.98 Å². The van der Waals surface area contributed by atoms with Gasteiger partial charge in [0.2, 0.25) is 5.91 Å². The number of anilines is 1. The van der Waals surface area contributed by atoms with Gasteiger partial charge in [-0.3, -0.25) is 19.1 Å². The van der Waals surface area contributed by atoms with Gasteiger partial charge in [-0.15, -0.1) is 0 Å². The highest BCUT2D eigenvalue weighted by atomic mass is 16.2. The molecule has 2 saturated heterocycles. The number of piperidine rings is 1. The van der Waals surface area contributed by atoms with E-state index in [0.717, 1.165) is 51.1 Å². The molecule has 0 spiro atoms. The minimum Gasteiger partial charge on any atom is -0.355 e. The Morgan fingerprint density at radius 1 is 1.06 bits per heavy atom. The minimum absolute atomic E-state index is 0.0703. The van der Waals surface area contributed by atoms with Crippen molar-refractivity contribution >= 4 is 22.9 Å². The predicted molar refractivity (Wildman–Crippen MR) is 141 cm³/mol. The molecule has 1 amide bonds. The SMILES string of the molecule is CN1CCN(CCNC(=O)C2CCCN(c3nc4cccnc4n(Cc4ccccc4)c3=O)C2)CC1. The van der Waals surface area contributed by atoms with Crippen molar-refractivity contribution in [2.24, 2.45) is 5.92 Å². The van der Waals surface area contributed by atoms with Crippen molar-refractivity contribution in [3.8, 4) is 0 Å². The number of nitrogens with one attached hydrogen (secondary N) is 1. The zero-order chi connectivity index (χ0) is 24.9. The Balaban J connectivity index is 1.29. The number of fused-ring (bicyclic) bond motifs is 1. The van der Waals surface area contributed by atoms with Crippen LogP contribution in [-0.4, -0.2) is 89.6 Å². The van der Waals surface area contributed by atoms with Crippen LogP contribution in [0, 0.1) is 5.92 Å². The molecule has 0 bridgehead atoms. The second-order valence-electron chi connectivity index (χ2n) is 9.88. The number of rotatable bonds is 7. The second kappa shape index (κ2) is 11.2. The molecule has 2 aliphatic heterocycles. The Labute approximate surface area is 211 Å². The maximum atomic E-state index is 13.6. The molecule has 2 fully saturated rings. The maximum Gasteiger partial charge on any atom is 0.295 e. The lowest BCUT2D eigenvalue weighted by molar-refractivity contribution is -0.125. The van der Waals surface area contributed by atoms with Crippen LogP contribution in [0.2, 0.25) is 0 Å². The molecule has 5 rings (SSSR count). The largest absolute Gasteiger partial charge is 0.355 e. The van der Waals surface area contributed by atoms with E-state index in [9.17, 15) is 9.59 Å². The van der Waals surface area contributed by atoms with E-state index in [-0.39, 0.29) is 17.4 Å². The minimum atomic E-state index is -0.166. The van der Waals surface area contributed by atoms with Crippen LogP contribution in [0.5, 0.6) is 0 Å². The van der Waals surface area contributed by atoms with Gasteiger partial charge in [-0.25, -0.2) is 9.97 Å². The summed E-state index contributed by atoms with van der Waals surface area (Å²) in [6.07, 6.45) is 3.36. The van der Waals surface area contributed by atoms with Crippen molar-refractivity contribution in [1.29, 1.82) is 0 Å². The number of carbonyl (C=O) groups excluding carboxylic acids is 1. The maximum absolute atomic E-state index is 13.6. The fourth-order valence-corrected chi connectivity index (χ4v) is 5.12. The summed E-state index contributed by atoms with van der Waals surface area (Å²) in [7, 11) is 2.14. The normalized spacial score (nSPS) is 19.5. The van der Waals surface area contributed by atoms with Gasteiger partial charge in [0, 0.05) is 58.6 Å². The molecule has 1 atom stereocenters. The Morgan fingerprint density at radius 3 is 2.67 bits per heavy atom. The number of hydrogen-bond acceptors (Lipinski definition) is 7. The van der Waals surface area contributed by atoms with Gasteiger partial charge in [0.05, 0.1) is 12.5 Å². The van der Waals surface area contributed by atoms with Crippen molar-refractivity contribution in [2.75, 3.05) is 64.3 Å². The van der Waals surface area contributed by atoms with E-state index in [1.54, 1.807) is 10.8 Å². The Morgan fingerprint density at radius 2 is 1.86 bits per heavy atom. The zero-order valence-corrected chi connectivity index (χ0v) is 21.0. The van der Waals surface area contributed by atoms with E-state index in [1.807, 2.05) is 47.4 Å². The summed E-state index contributed by atoms with van der Waals surface area (Å²) in [6.45, 7) is 7.39. The number of pyridine rings is 1. The van der Waals surface area contributed by atoms with Crippen molar-refractivity contribution in [3.63, 3.8) is 0 Å². The molecule has 0 saturated carbocycles. The molecule has 36 heavy (non-hydrogen) atoms. The van der Waals surface area contributed by atoms with E-state index in [0.29, 0.717) is 43.2 Å². The average molecular weight is 490 g/mol. The molecular weight excluding hydrogens is 454 g/mol. The fourth-order valence-electron chi connectivity index (χ4n) is 5.12. The van der Waals surface area contributed by atoms with Crippen molar-refractivity contribution in [1.82, 2.24) is 29.7 Å². The van der Waals surface area contributed by atoms with Gasteiger partial charge in [0.15, 0.2) is 11.5 Å². The number of carbonyl (C=O) groups is 1. The van der Waals surface area contributed by atoms with E-state index >= 15 is 0 Å². The number of aromatic nitrogens is 3. The lowest BCUT2D eigenvalue weighted by atomic mass is 9.97. The number of amides is 1. The first kappa shape index (κ1) is 24.4. The summed E-state index contributed by atoms with van der Waals surface area (Å²) < 4.78 is 1.70. The van der Waals surface area contributed by atoms with Crippen molar-refractivity contribution in [2.45, 2.75) is 19.4 Å². The molecular formula is C27H35N7O2. The third-order valence-electron chi connectivity index (χ3n) is 7.28. The average Bonchev–Trinajstić information content (AvgIpc) is 2.92. The fraction of sp³-hybridized carbons (Fsp3) is 0.481. The molecule has 2 aliphatic rings. The first-order valence-corrected chi connectivity index (χ1v) is 12.9. The lowest BCUT2D eigenvalue weighted by Crippen LogP contribution is -2.49. The second-order valence-corrected chi connectivity index (χ2v) is 9.88. The Hall–Kier alpha value is -3.30. The summed E-state index contributed by atoms with van der Waals surface area (Å²) in [5.74, 6) is 0.321. The summed E-state index contributed by atoms with van der Waals surface area (Å²) in [5.41, 5.74) is 2.12. The van der Waals surface area contributed by atoms with Crippen LogP contribution >= 0.6 is 0 Å². The zero-order valence-electron chi connectivity index (χ0n) is 21.0. The molecule has 1 N–H and O–H groups in total. The number of piperazine rings is 1. The van der Waals surface area contributed by atoms with E-state index in [1.165, 1.54) is 0 Å². The van der Waals surface area contributed by atoms with Crippen LogP contribution in [0.4, 0.5) is 5.82 Å². The lowest BCUT2D eigenvalue weighted by Gasteiger charge is -2.34. The molecule has 4 heterocycles. The van der Waals surface area contributed by atoms with Crippen LogP contribution in [0.1, 0.15) is 18.4 Å². The molecule has 9 heteroatoms. The Bertz CT molecular complexity index is 1240. The number of likely N-dealkylation sites (N-methyl/N-ethyl adjacent to an activating group) is 1. The number of nitrogens with zero attached hydrogens (tertiary/aromatic N) is 6. The predicted octanol–water partition coefficient (Wildman–Crippen LogP) is 1.42. The Kier molecular flexibility index (Phi) is 7.58. The van der Waals surface area contributed by atoms with E-state index < -0.39 is 0 Å². The van der Waals surface area contributed by atoms with Crippen molar-refractivity contribution in [3.05, 3.63) is 64.6 Å². The van der Waals surface area contributed by atoms with Gasteiger partial charge in [-0.2, -0.15) is 0 Å². The molecule has 1 aromatic carbocycles. The molecule has 3 aromatic rings. The summed E-state index contributed by atoms with van der Waals surface area (Å²) in [6, 6.07) is 13.6. The highest BCUT2D eigenvalue weighted by molar-refractivity contribution is 5.79. The monoisotopic (exact) mass is 489 g/mol. The first-order valence-electron chi connectivity index (χ1n) is 12.9. The summed E-state index contributed by atoms with van der Waals surface area (Å²) in [5, 5.41) is 3.14. The van der Waals surface area contributed by atoms with E-state index in [2.05, 4.69) is 27.1 Å². The third-order valence-corrected chi connectivity index (χ3v) is 7.28. The van der Waals surface area contributed by atoms with Gasteiger partial charge in [-0.1, -0.05) is 30.3 Å². The molecule has 1 unspecified atom stereocenters. The van der Waals surface area contributed by atoms with Gasteiger partial charge < -0.3 is 15.1 Å². The van der Waals surface area contributed by atoms with Gasteiger partial charge in [0.25, 0.3) is 5.56 Å². The standard InChI is InChI=1S/C27H35N7O2/c1-31-15-17-32(18-16-31)14-12-29-26(35)22-9-6-13-33(20-22)25-27(36)34(19-21-7-3-2-4-8-21)24-23(30-25)10-5-11-28-24/h2-5,7-8,10-11,22H,6,9,12-20H2,1H3,(H,29,35). The van der Waals surface area contributed by atoms with Crippen LogP contribution in [0.3, 0.4) is 0 Å². The smallest absolute Gasteiger partial charge is 0.295 e. The topological polar surface area (TPSA) is 86.6 Å². The highest BCUT2D eigenvalue weighted by Crippen LogP contribution is 2.22. The molecule has 2 aromatic heterocycles. The molecule has 0 aliphatic carbocycles. The van der Waals surface area contributed by atoms with Crippen LogP contribution in [0.15, 0.2) is 53.5 Å². The first-order chi connectivity index (χ1) is 17.6. The molecule has 0 radical (unpaired) electrons. The quantitative estimate of drug-likeness (QED) is 0.537. The van der Waals surface area contributed by atoms with Crippen LogP contribution < -0.4 is 15.8 Å². The highest BCUT2D eigenvalue weighted by Gasteiger charge is 2.29. The summed E-state index contributed by atoms with van der Waals surface area (Å²) in [4.78, 5) is 42.5. The van der Waals surface area contributed by atoms with Crippen molar-refractivity contribution < 1.29 is 4.79 Å².